The Balaban J connectivity index is 2.22. The number of hydrogen-bond acceptors (Lipinski definition) is 3. The van der Waals surface area contributed by atoms with Crippen LogP contribution >= 0.6 is 23.2 Å². The first-order valence-electron chi connectivity index (χ1n) is 9.82. The lowest BCUT2D eigenvalue weighted by Crippen LogP contribution is -2.50. The number of benzene rings is 2. The molecule has 2 amide bonds. The lowest BCUT2D eigenvalue weighted by molar-refractivity contribution is -0.142. The van der Waals surface area contributed by atoms with Crippen molar-refractivity contribution >= 4 is 35.0 Å². The molecule has 0 spiro atoms. The number of hydrogen-bond donors (Lipinski definition) is 1. The number of halogens is 2. The molecule has 1 N–H and O–H groups in total. The fourth-order valence-corrected chi connectivity index (χ4v) is 3.23. The van der Waals surface area contributed by atoms with Crippen LogP contribution < -0.4 is 10.1 Å². The van der Waals surface area contributed by atoms with Gasteiger partial charge in [0.1, 0.15) is 11.8 Å². The van der Waals surface area contributed by atoms with Crippen LogP contribution in [0.5, 0.6) is 5.75 Å². The number of nitrogens with zero attached hydrogens (tertiary/aromatic N) is 1. The summed E-state index contributed by atoms with van der Waals surface area (Å²) in [6, 6.07) is 10.3. The highest BCUT2D eigenvalue weighted by atomic mass is 35.5. The Hall–Kier alpha value is -2.24. The van der Waals surface area contributed by atoms with Gasteiger partial charge in [-0.1, -0.05) is 41.4 Å². The highest BCUT2D eigenvalue weighted by Crippen LogP contribution is 2.24. The zero-order valence-electron chi connectivity index (χ0n) is 18.0. The van der Waals surface area contributed by atoms with Gasteiger partial charge in [-0.05, 0) is 69.5 Å². The topological polar surface area (TPSA) is 58.6 Å². The highest BCUT2D eigenvalue weighted by Gasteiger charge is 2.27. The SMILES string of the molecule is Cc1ccc(C)c(OCC(=O)N(Cc2ccc(Cl)c(Cl)c2)[C@H](C)C(=O)NC(C)C)c1. The van der Waals surface area contributed by atoms with E-state index in [4.69, 9.17) is 27.9 Å². The lowest BCUT2D eigenvalue weighted by Gasteiger charge is -2.29. The van der Waals surface area contributed by atoms with Crippen LogP contribution in [-0.4, -0.2) is 35.4 Å². The van der Waals surface area contributed by atoms with E-state index in [2.05, 4.69) is 5.32 Å². The molecular weight excluding hydrogens is 423 g/mol. The molecule has 2 aromatic carbocycles. The monoisotopic (exact) mass is 450 g/mol. The largest absolute Gasteiger partial charge is 0.483 e. The maximum atomic E-state index is 13.1. The van der Waals surface area contributed by atoms with Gasteiger partial charge in [0, 0.05) is 12.6 Å². The molecule has 5 nitrogen and oxygen atoms in total. The van der Waals surface area contributed by atoms with E-state index in [1.807, 2.05) is 45.9 Å². The molecule has 0 saturated heterocycles. The van der Waals surface area contributed by atoms with Gasteiger partial charge in [-0.25, -0.2) is 0 Å². The Kier molecular flexibility index (Phi) is 8.56. The van der Waals surface area contributed by atoms with Crippen molar-refractivity contribution < 1.29 is 14.3 Å². The predicted molar refractivity (Wildman–Crippen MR) is 121 cm³/mol. The summed E-state index contributed by atoms with van der Waals surface area (Å²) in [4.78, 5) is 27.1. The molecule has 162 valence electrons. The smallest absolute Gasteiger partial charge is 0.261 e. The van der Waals surface area contributed by atoms with Crippen LogP contribution in [-0.2, 0) is 16.1 Å². The summed E-state index contributed by atoms with van der Waals surface area (Å²) in [5.41, 5.74) is 2.75. The van der Waals surface area contributed by atoms with Crippen molar-refractivity contribution in [3.05, 3.63) is 63.1 Å². The standard InChI is InChI=1S/C23H28Cl2N2O3/c1-14(2)26-23(29)17(5)27(12-18-8-9-19(24)20(25)11-18)22(28)13-30-21-10-15(3)6-7-16(21)4/h6-11,14,17H,12-13H2,1-5H3,(H,26,29)/t17-/m1/s1. The Morgan fingerprint density at radius 1 is 1.03 bits per heavy atom. The fourth-order valence-electron chi connectivity index (χ4n) is 2.91. The first kappa shape index (κ1) is 24.0. The number of carbonyl (C=O) groups excluding carboxylic acids is 2. The van der Waals surface area contributed by atoms with Crippen LogP contribution in [0.1, 0.15) is 37.5 Å². The molecule has 0 heterocycles. The third-order valence-corrected chi connectivity index (χ3v) is 5.37. The number of nitrogens with one attached hydrogen (secondary N) is 1. The minimum atomic E-state index is -0.684. The maximum Gasteiger partial charge on any atom is 0.261 e. The van der Waals surface area contributed by atoms with Gasteiger partial charge in [0.2, 0.25) is 5.91 Å². The highest BCUT2D eigenvalue weighted by molar-refractivity contribution is 6.42. The van der Waals surface area contributed by atoms with Crippen molar-refractivity contribution in [1.29, 1.82) is 0 Å². The van der Waals surface area contributed by atoms with Crippen molar-refractivity contribution in [1.82, 2.24) is 10.2 Å². The van der Waals surface area contributed by atoms with Crippen molar-refractivity contribution in [3.63, 3.8) is 0 Å². The molecule has 0 aliphatic heterocycles. The van der Waals surface area contributed by atoms with Crippen molar-refractivity contribution in [3.8, 4) is 5.75 Å². The molecule has 0 fully saturated rings. The molecule has 0 aromatic heterocycles. The summed E-state index contributed by atoms with van der Waals surface area (Å²) in [6.45, 7) is 9.36. The van der Waals surface area contributed by atoms with E-state index in [1.54, 1.807) is 25.1 Å². The minimum absolute atomic E-state index is 0.0342. The second kappa shape index (κ2) is 10.7. The molecule has 2 aromatic rings. The van der Waals surface area contributed by atoms with Crippen LogP contribution in [0.4, 0.5) is 0 Å². The van der Waals surface area contributed by atoms with Gasteiger partial charge in [-0.3, -0.25) is 9.59 Å². The first-order valence-corrected chi connectivity index (χ1v) is 10.6. The maximum absolute atomic E-state index is 13.1. The van der Waals surface area contributed by atoms with Gasteiger partial charge in [0.05, 0.1) is 10.0 Å². The number of amides is 2. The second-order valence-electron chi connectivity index (χ2n) is 7.67. The zero-order chi connectivity index (χ0) is 22.4. The van der Waals surface area contributed by atoms with Crippen molar-refractivity contribution in [2.45, 2.75) is 53.2 Å². The van der Waals surface area contributed by atoms with Gasteiger partial charge in [0.15, 0.2) is 6.61 Å². The number of rotatable bonds is 8. The van der Waals surface area contributed by atoms with Gasteiger partial charge < -0.3 is 15.0 Å². The molecule has 0 bridgehead atoms. The molecule has 7 heteroatoms. The third kappa shape index (κ3) is 6.64. The minimum Gasteiger partial charge on any atom is -0.483 e. The Bertz CT molecular complexity index is 915. The van der Waals surface area contributed by atoms with E-state index < -0.39 is 6.04 Å². The van der Waals surface area contributed by atoms with E-state index in [1.165, 1.54) is 4.90 Å². The zero-order valence-corrected chi connectivity index (χ0v) is 19.5. The summed E-state index contributed by atoms with van der Waals surface area (Å²) in [7, 11) is 0. The van der Waals surface area contributed by atoms with E-state index in [9.17, 15) is 9.59 Å². The quantitative estimate of drug-likeness (QED) is 0.619. The summed E-state index contributed by atoms with van der Waals surface area (Å²) in [5, 5.41) is 3.68. The second-order valence-corrected chi connectivity index (χ2v) is 8.48. The lowest BCUT2D eigenvalue weighted by atomic mass is 10.1. The van der Waals surface area contributed by atoms with Gasteiger partial charge in [0.25, 0.3) is 5.91 Å². The predicted octanol–water partition coefficient (Wildman–Crippen LogP) is 4.93. The molecule has 0 radical (unpaired) electrons. The van der Waals surface area contributed by atoms with E-state index >= 15 is 0 Å². The molecule has 1 atom stereocenters. The molecule has 0 aliphatic carbocycles. The normalized spacial score (nSPS) is 11.9. The Labute approximate surface area is 188 Å². The average Bonchev–Trinajstić information content (AvgIpc) is 2.68. The number of aryl methyl sites for hydroxylation is 2. The van der Waals surface area contributed by atoms with Crippen LogP contribution in [0, 0.1) is 13.8 Å². The van der Waals surface area contributed by atoms with Gasteiger partial charge in [-0.2, -0.15) is 0 Å². The average molecular weight is 451 g/mol. The van der Waals surface area contributed by atoms with E-state index in [-0.39, 0.29) is 31.0 Å². The van der Waals surface area contributed by atoms with E-state index in [0.717, 1.165) is 16.7 Å². The summed E-state index contributed by atoms with van der Waals surface area (Å²) >= 11 is 12.1. The van der Waals surface area contributed by atoms with Crippen molar-refractivity contribution in [2.75, 3.05) is 6.61 Å². The summed E-state index contributed by atoms with van der Waals surface area (Å²) in [5.74, 6) is 0.121. The van der Waals surface area contributed by atoms with Gasteiger partial charge in [-0.15, -0.1) is 0 Å². The van der Waals surface area contributed by atoms with Crippen LogP contribution in [0.15, 0.2) is 36.4 Å². The molecule has 0 unspecified atom stereocenters. The summed E-state index contributed by atoms with van der Waals surface area (Å²) in [6.07, 6.45) is 0. The first-order chi connectivity index (χ1) is 14.1. The Morgan fingerprint density at radius 3 is 2.37 bits per heavy atom. The molecule has 0 saturated carbocycles. The third-order valence-electron chi connectivity index (χ3n) is 4.63. The van der Waals surface area contributed by atoms with Crippen LogP contribution in [0.2, 0.25) is 10.0 Å². The van der Waals surface area contributed by atoms with E-state index in [0.29, 0.717) is 15.8 Å². The van der Waals surface area contributed by atoms with Crippen LogP contribution in [0.25, 0.3) is 0 Å². The van der Waals surface area contributed by atoms with Gasteiger partial charge >= 0.3 is 0 Å². The van der Waals surface area contributed by atoms with Crippen molar-refractivity contribution in [2.24, 2.45) is 0 Å². The molecule has 2 rings (SSSR count). The fraction of sp³-hybridized carbons (Fsp3) is 0.391. The number of ether oxygens (including phenoxy) is 1. The molecule has 0 aliphatic rings. The Morgan fingerprint density at radius 2 is 1.73 bits per heavy atom. The molecule has 30 heavy (non-hydrogen) atoms. The van der Waals surface area contributed by atoms with Crippen LogP contribution in [0.3, 0.4) is 0 Å². The molecular formula is C23H28Cl2N2O3. The summed E-state index contributed by atoms with van der Waals surface area (Å²) < 4.78 is 5.78. The number of carbonyl (C=O) groups is 2.